The van der Waals surface area contributed by atoms with Crippen LogP contribution in [-0.2, 0) is 16.0 Å². The molecule has 1 unspecified atom stereocenters. The average Bonchev–Trinajstić information content (AvgIpc) is 2.32. The molecule has 0 aliphatic rings. The highest BCUT2D eigenvalue weighted by molar-refractivity contribution is 9.10. The number of hydrogen-bond acceptors (Lipinski definition) is 3. The Morgan fingerprint density at radius 3 is 2.72 bits per heavy atom. The van der Waals surface area contributed by atoms with Crippen molar-refractivity contribution in [3.63, 3.8) is 0 Å². The molecule has 1 aromatic rings. The minimum absolute atomic E-state index is 0.0713. The number of nitrogens with one attached hydrogen (secondary N) is 1. The van der Waals surface area contributed by atoms with E-state index in [4.69, 9.17) is 10.5 Å². The highest BCUT2D eigenvalue weighted by atomic mass is 79.9. The van der Waals surface area contributed by atoms with Crippen LogP contribution in [0.3, 0.4) is 0 Å². The molecular formula is C13H19BrN2O2. The van der Waals surface area contributed by atoms with E-state index in [1.165, 1.54) is 5.56 Å². The lowest BCUT2D eigenvalue weighted by Crippen LogP contribution is -2.36. The Balaban J connectivity index is 2.30. The molecule has 4 nitrogen and oxygen atoms in total. The molecule has 1 amide bonds. The third-order valence-corrected chi connectivity index (χ3v) is 2.89. The normalized spacial score (nSPS) is 12.2. The number of carbonyl (C=O) groups is 1. The summed E-state index contributed by atoms with van der Waals surface area (Å²) in [6.07, 6.45) is 0.801. The molecule has 1 aromatic carbocycles. The van der Waals surface area contributed by atoms with Gasteiger partial charge in [0.2, 0.25) is 5.91 Å². The maximum atomic E-state index is 11.5. The lowest BCUT2D eigenvalue weighted by Gasteiger charge is -2.14. The number of rotatable bonds is 7. The number of carbonyl (C=O) groups excluding carboxylic acids is 1. The zero-order chi connectivity index (χ0) is 13.4. The number of nitrogens with two attached hydrogens (primary N) is 1. The first kappa shape index (κ1) is 15.1. The van der Waals surface area contributed by atoms with E-state index in [0.29, 0.717) is 13.2 Å². The van der Waals surface area contributed by atoms with Gasteiger partial charge in [-0.25, -0.2) is 0 Å². The summed E-state index contributed by atoms with van der Waals surface area (Å²) in [5.41, 5.74) is 6.46. The summed E-state index contributed by atoms with van der Waals surface area (Å²) in [4.78, 5) is 11.5. The quantitative estimate of drug-likeness (QED) is 0.749. The van der Waals surface area contributed by atoms with Gasteiger partial charge in [-0.2, -0.15) is 0 Å². The number of benzene rings is 1. The van der Waals surface area contributed by atoms with Gasteiger partial charge >= 0.3 is 0 Å². The molecule has 1 rings (SSSR count). The van der Waals surface area contributed by atoms with Crippen molar-refractivity contribution in [2.45, 2.75) is 19.4 Å². The molecule has 3 N–H and O–H groups in total. The number of ether oxygens (including phenoxy) is 1. The van der Waals surface area contributed by atoms with E-state index in [1.54, 1.807) is 0 Å². The zero-order valence-electron chi connectivity index (χ0n) is 10.5. The Hall–Kier alpha value is -0.910. The largest absolute Gasteiger partial charge is 0.370 e. The molecule has 18 heavy (non-hydrogen) atoms. The Bertz CT molecular complexity index is 368. The van der Waals surface area contributed by atoms with Crippen LogP contribution < -0.4 is 11.1 Å². The van der Waals surface area contributed by atoms with Crippen LogP contribution in [-0.4, -0.2) is 31.7 Å². The lowest BCUT2D eigenvalue weighted by molar-refractivity contribution is -0.126. The van der Waals surface area contributed by atoms with E-state index < -0.39 is 0 Å². The van der Waals surface area contributed by atoms with Crippen molar-refractivity contribution < 1.29 is 9.53 Å². The molecule has 0 saturated heterocycles. The van der Waals surface area contributed by atoms with E-state index in [0.717, 1.165) is 10.9 Å². The van der Waals surface area contributed by atoms with Gasteiger partial charge in [-0.1, -0.05) is 28.1 Å². The Labute approximate surface area is 116 Å². The van der Waals surface area contributed by atoms with Gasteiger partial charge in [-0.05, 0) is 31.0 Å². The SMILES string of the molecule is CC(Cc1ccc(Br)cc1)NC(=O)COCCN. The van der Waals surface area contributed by atoms with Gasteiger partial charge in [0.25, 0.3) is 0 Å². The molecular weight excluding hydrogens is 296 g/mol. The summed E-state index contributed by atoms with van der Waals surface area (Å²) in [5.74, 6) is -0.104. The second-order valence-electron chi connectivity index (χ2n) is 4.14. The zero-order valence-corrected chi connectivity index (χ0v) is 12.1. The summed E-state index contributed by atoms with van der Waals surface area (Å²) in [6.45, 7) is 2.89. The van der Waals surface area contributed by atoms with Gasteiger partial charge < -0.3 is 15.8 Å². The van der Waals surface area contributed by atoms with Gasteiger partial charge in [-0.15, -0.1) is 0 Å². The molecule has 0 aromatic heterocycles. The Morgan fingerprint density at radius 2 is 2.11 bits per heavy atom. The van der Waals surface area contributed by atoms with Crippen LogP contribution in [0.25, 0.3) is 0 Å². The molecule has 0 saturated carbocycles. The van der Waals surface area contributed by atoms with Crippen molar-refractivity contribution >= 4 is 21.8 Å². The first-order chi connectivity index (χ1) is 8.61. The summed E-state index contributed by atoms with van der Waals surface area (Å²) >= 11 is 3.39. The molecule has 0 aliphatic carbocycles. The standard InChI is InChI=1S/C13H19BrN2O2/c1-10(16-13(17)9-18-7-6-15)8-11-2-4-12(14)5-3-11/h2-5,10H,6-9,15H2,1H3,(H,16,17). The first-order valence-corrected chi connectivity index (χ1v) is 6.72. The van der Waals surface area contributed by atoms with Crippen LogP contribution in [0.15, 0.2) is 28.7 Å². The molecule has 0 aliphatic heterocycles. The Kier molecular flexibility index (Phi) is 6.93. The summed E-state index contributed by atoms with van der Waals surface area (Å²) in [5, 5.41) is 2.89. The van der Waals surface area contributed by atoms with Crippen LogP contribution in [0.1, 0.15) is 12.5 Å². The predicted molar refractivity (Wildman–Crippen MR) is 75.3 cm³/mol. The minimum atomic E-state index is -0.104. The molecule has 0 bridgehead atoms. The first-order valence-electron chi connectivity index (χ1n) is 5.93. The minimum Gasteiger partial charge on any atom is -0.370 e. The van der Waals surface area contributed by atoms with E-state index in [2.05, 4.69) is 21.2 Å². The predicted octanol–water partition coefficient (Wildman–Crippen LogP) is 1.47. The number of halogens is 1. The third-order valence-electron chi connectivity index (χ3n) is 2.36. The van der Waals surface area contributed by atoms with Crippen LogP contribution >= 0.6 is 15.9 Å². The van der Waals surface area contributed by atoms with E-state index in [9.17, 15) is 4.79 Å². The topological polar surface area (TPSA) is 64.3 Å². The van der Waals surface area contributed by atoms with Gasteiger partial charge in [-0.3, -0.25) is 4.79 Å². The monoisotopic (exact) mass is 314 g/mol. The van der Waals surface area contributed by atoms with E-state index >= 15 is 0 Å². The molecule has 0 fully saturated rings. The van der Waals surface area contributed by atoms with Crippen LogP contribution in [0.2, 0.25) is 0 Å². The molecule has 100 valence electrons. The van der Waals surface area contributed by atoms with Crippen molar-refractivity contribution in [1.29, 1.82) is 0 Å². The highest BCUT2D eigenvalue weighted by Crippen LogP contribution is 2.11. The average molecular weight is 315 g/mol. The van der Waals surface area contributed by atoms with Gasteiger partial charge in [0.1, 0.15) is 6.61 Å². The molecule has 1 atom stereocenters. The van der Waals surface area contributed by atoms with E-state index in [1.807, 2.05) is 31.2 Å². The van der Waals surface area contributed by atoms with Crippen molar-refractivity contribution in [2.75, 3.05) is 19.8 Å². The highest BCUT2D eigenvalue weighted by Gasteiger charge is 2.08. The van der Waals surface area contributed by atoms with Crippen molar-refractivity contribution in [3.8, 4) is 0 Å². The third kappa shape index (κ3) is 6.14. The van der Waals surface area contributed by atoms with Crippen LogP contribution in [0.5, 0.6) is 0 Å². The van der Waals surface area contributed by atoms with Crippen LogP contribution in [0, 0.1) is 0 Å². The molecule has 5 heteroatoms. The molecule has 0 heterocycles. The summed E-state index contributed by atoms with van der Waals surface area (Å²) < 4.78 is 6.12. The summed E-state index contributed by atoms with van der Waals surface area (Å²) in [6, 6.07) is 8.15. The van der Waals surface area contributed by atoms with Crippen LogP contribution in [0.4, 0.5) is 0 Å². The summed E-state index contributed by atoms with van der Waals surface area (Å²) in [7, 11) is 0. The van der Waals surface area contributed by atoms with Gasteiger partial charge in [0.05, 0.1) is 6.61 Å². The van der Waals surface area contributed by atoms with Crippen molar-refractivity contribution in [3.05, 3.63) is 34.3 Å². The molecule has 0 spiro atoms. The number of hydrogen-bond donors (Lipinski definition) is 2. The Morgan fingerprint density at radius 1 is 1.44 bits per heavy atom. The fraction of sp³-hybridized carbons (Fsp3) is 0.462. The van der Waals surface area contributed by atoms with Crippen molar-refractivity contribution in [2.24, 2.45) is 5.73 Å². The molecule has 0 radical (unpaired) electrons. The fourth-order valence-corrected chi connectivity index (χ4v) is 1.85. The maximum absolute atomic E-state index is 11.5. The second kappa shape index (κ2) is 8.24. The van der Waals surface area contributed by atoms with Gasteiger partial charge in [0.15, 0.2) is 0 Å². The van der Waals surface area contributed by atoms with Crippen molar-refractivity contribution in [1.82, 2.24) is 5.32 Å². The maximum Gasteiger partial charge on any atom is 0.246 e. The smallest absolute Gasteiger partial charge is 0.246 e. The second-order valence-corrected chi connectivity index (χ2v) is 5.06. The number of amides is 1. The van der Waals surface area contributed by atoms with Gasteiger partial charge in [0, 0.05) is 17.1 Å². The fourth-order valence-electron chi connectivity index (χ4n) is 1.59. The lowest BCUT2D eigenvalue weighted by atomic mass is 10.1. The van der Waals surface area contributed by atoms with E-state index in [-0.39, 0.29) is 18.6 Å².